The van der Waals surface area contributed by atoms with Crippen LogP contribution in [0.1, 0.15) is 68.4 Å². The monoisotopic (exact) mass is 440 g/mol. The minimum Gasteiger partial charge on any atom is -0.342 e. The van der Waals surface area contributed by atoms with Crippen LogP contribution in [0, 0.1) is 11.7 Å². The zero-order valence-corrected chi connectivity index (χ0v) is 19.0. The van der Waals surface area contributed by atoms with Crippen molar-refractivity contribution in [2.75, 3.05) is 26.2 Å². The smallest absolute Gasteiger partial charge is 0.251 e. The lowest BCUT2D eigenvalue weighted by molar-refractivity contribution is -0.135. The number of hydrogen-bond donors (Lipinski definition) is 1. The molecule has 1 atom stereocenters. The van der Waals surface area contributed by atoms with Gasteiger partial charge in [0.15, 0.2) is 0 Å². The molecule has 7 heteroatoms. The van der Waals surface area contributed by atoms with Gasteiger partial charge in [-0.25, -0.2) is 9.37 Å². The van der Waals surface area contributed by atoms with Gasteiger partial charge in [-0.2, -0.15) is 0 Å². The maximum absolute atomic E-state index is 14.1. The molecule has 6 nitrogen and oxygen atoms in total. The van der Waals surface area contributed by atoms with Crippen LogP contribution < -0.4 is 5.56 Å². The Hall–Kier alpha value is -2.54. The fraction of sp³-hybridized carbons (Fsp3) is 0.560. The first kappa shape index (κ1) is 22.6. The van der Waals surface area contributed by atoms with E-state index in [4.69, 9.17) is 4.98 Å². The molecule has 1 amide bonds. The predicted octanol–water partition coefficient (Wildman–Crippen LogP) is 3.65. The highest BCUT2D eigenvalue weighted by Crippen LogP contribution is 2.29. The molecule has 0 bridgehead atoms. The van der Waals surface area contributed by atoms with Crippen LogP contribution in [0.3, 0.4) is 0 Å². The number of carbonyl (C=O) groups excluding carboxylic acids is 1. The van der Waals surface area contributed by atoms with Crippen LogP contribution in [0.25, 0.3) is 0 Å². The fourth-order valence-electron chi connectivity index (χ4n) is 4.94. The Kier molecular flexibility index (Phi) is 7.04. The summed E-state index contributed by atoms with van der Waals surface area (Å²) in [5.41, 5.74) is 1.43. The van der Waals surface area contributed by atoms with E-state index in [-0.39, 0.29) is 35.0 Å². The largest absolute Gasteiger partial charge is 0.342 e. The minimum absolute atomic E-state index is 0.00594. The van der Waals surface area contributed by atoms with Gasteiger partial charge in [-0.05, 0) is 38.3 Å². The third-order valence-corrected chi connectivity index (χ3v) is 6.74. The van der Waals surface area contributed by atoms with Crippen molar-refractivity contribution in [3.63, 3.8) is 0 Å². The zero-order chi connectivity index (χ0) is 22.7. The number of carbonyl (C=O) groups is 1. The van der Waals surface area contributed by atoms with E-state index < -0.39 is 0 Å². The standard InChI is InChI=1S/C25H33FN4O2/c1-17(2)25(32)30-12-9-18(10-13-30)24-27-22(14-23(31)28-24)20-7-5-11-29(16-20)15-19-6-3-4-8-21(19)26/h3-4,6,8,14,17-18,20H,5,7,9-13,15-16H2,1-2H3,(H,27,28,31)/t20-/m1/s1. The van der Waals surface area contributed by atoms with E-state index in [0.717, 1.165) is 50.3 Å². The summed E-state index contributed by atoms with van der Waals surface area (Å²) in [6, 6.07) is 8.53. The molecule has 1 aromatic heterocycles. The summed E-state index contributed by atoms with van der Waals surface area (Å²) < 4.78 is 14.1. The number of H-pyrrole nitrogens is 1. The van der Waals surface area contributed by atoms with E-state index in [1.54, 1.807) is 12.1 Å². The number of benzene rings is 1. The Balaban J connectivity index is 1.44. The molecular formula is C25H33FN4O2. The second-order valence-corrected chi connectivity index (χ2v) is 9.48. The average Bonchev–Trinajstić information content (AvgIpc) is 2.80. The number of aromatic nitrogens is 2. The van der Waals surface area contributed by atoms with Gasteiger partial charge in [0, 0.05) is 55.6 Å². The van der Waals surface area contributed by atoms with Crippen LogP contribution in [0.5, 0.6) is 0 Å². The first-order chi connectivity index (χ1) is 15.4. The van der Waals surface area contributed by atoms with Crippen molar-refractivity contribution in [1.29, 1.82) is 0 Å². The van der Waals surface area contributed by atoms with Crippen LogP contribution in [-0.4, -0.2) is 51.9 Å². The number of piperidine rings is 2. The predicted molar refractivity (Wildman–Crippen MR) is 122 cm³/mol. The first-order valence-electron chi connectivity index (χ1n) is 11.8. The summed E-state index contributed by atoms with van der Waals surface area (Å²) in [7, 11) is 0. The van der Waals surface area contributed by atoms with Crippen molar-refractivity contribution >= 4 is 5.91 Å². The molecular weight excluding hydrogens is 407 g/mol. The van der Waals surface area contributed by atoms with Gasteiger partial charge < -0.3 is 9.88 Å². The highest BCUT2D eigenvalue weighted by molar-refractivity contribution is 5.78. The fourth-order valence-corrected chi connectivity index (χ4v) is 4.94. The highest BCUT2D eigenvalue weighted by atomic mass is 19.1. The molecule has 0 aliphatic carbocycles. The van der Waals surface area contributed by atoms with Gasteiger partial charge in [0.05, 0.1) is 5.69 Å². The van der Waals surface area contributed by atoms with Gasteiger partial charge in [-0.3, -0.25) is 14.5 Å². The van der Waals surface area contributed by atoms with E-state index >= 15 is 0 Å². The molecule has 172 valence electrons. The summed E-state index contributed by atoms with van der Waals surface area (Å²) in [4.78, 5) is 36.7. The third-order valence-electron chi connectivity index (χ3n) is 6.74. The Labute approximate surface area is 188 Å². The van der Waals surface area contributed by atoms with Crippen LogP contribution >= 0.6 is 0 Å². The second-order valence-electron chi connectivity index (χ2n) is 9.48. The van der Waals surface area contributed by atoms with Gasteiger partial charge in [0.25, 0.3) is 5.56 Å². The average molecular weight is 441 g/mol. The lowest BCUT2D eigenvalue weighted by Gasteiger charge is -2.34. The molecule has 0 saturated carbocycles. The number of nitrogens with zero attached hydrogens (tertiary/aromatic N) is 3. The number of aromatic amines is 1. The van der Waals surface area contributed by atoms with Crippen molar-refractivity contribution < 1.29 is 9.18 Å². The molecule has 1 aromatic carbocycles. The van der Waals surface area contributed by atoms with Crippen molar-refractivity contribution in [3.05, 3.63) is 63.6 Å². The lowest BCUT2D eigenvalue weighted by Crippen LogP contribution is -2.40. The summed E-state index contributed by atoms with van der Waals surface area (Å²) in [6.07, 6.45) is 3.60. The van der Waals surface area contributed by atoms with Gasteiger partial charge >= 0.3 is 0 Å². The Morgan fingerprint density at radius 2 is 1.91 bits per heavy atom. The topological polar surface area (TPSA) is 69.3 Å². The van der Waals surface area contributed by atoms with Crippen LogP contribution in [0.15, 0.2) is 35.1 Å². The Morgan fingerprint density at radius 1 is 1.16 bits per heavy atom. The van der Waals surface area contributed by atoms with Crippen LogP contribution in [0.4, 0.5) is 4.39 Å². The van der Waals surface area contributed by atoms with Crippen molar-refractivity contribution in [3.8, 4) is 0 Å². The maximum atomic E-state index is 14.1. The van der Waals surface area contributed by atoms with Crippen molar-refractivity contribution in [2.45, 2.75) is 57.9 Å². The molecule has 32 heavy (non-hydrogen) atoms. The lowest BCUT2D eigenvalue weighted by atomic mass is 9.92. The highest BCUT2D eigenvalue weighted by Gasteiger charge is 2.28. The number of amides is 1. The van der Waals surface area contributed by atoms with E-state index in [1.807, 2.05) is 30.9 Å². The molecule has 2 saturated heterocycles. The van der Waals surface area contributed by atoms with Gasteiger partial charge in [0.1, 0.15) is 11.6 Å². The third kappa shape index (κ3) is 5.26. The molecule has 0 spiro atoms. The Bertz CT molecular complexity index is 997. The molecule has 2 aliphatic rings. The molecule has 0 radical (unpaired) electrons. The number of rotatable bonds is 5. The van der Waals surface area contributed by atoms with Gasteiger partial charge in [-0.1, -0.05) is 32.0 Å². The van der Waals surface area contributed by atoms with E-state index in [0.29, 0.717) is 25.2 Å². The molecule has 2 aromatic rings. The summed E-state index contributed by atoms with van der Waals surface area (Å²) in [5, 5.41) is 0. The summed E-state index contributed by atoms with van der Waals surface area (Å²) in [5.74, 6) is 1.10. The molecule has 2 fully saturated rings. The van der Waals surface area contributed by atoms with Gasteiger partial charge in [0.2, 0.25) is 5.91 Å². The zero-order valence-electron chi connectivity index (χ0n) is 19.0. The molecule has 0 unspecified atom stereocenters. The maximum Gasteiger partial charge on any atom is 0.251 e. The van der Waals surface area contributed by atoms with Crippen molar-refractivity contribution in [2.24, 2.45) is 5.92 Å². The number of hydrogen-bond acceptors (Lipinski definition) is 4. The van der Waals surface area contributed by atoms with E-state index in [1.165, 1.54) is 6.07 Å². The normalized spacial score (nSPS) is 20.6. The van der Waals surface area contributed by atoms with Gasteiger partial charge in [-0.15, -0.1) is 0 Å². The quantitative estimate of drug-likeness (QED) is 0.771. The number of halogens is 1. The van der Waals surface area contributed by atoms with Crippen molar-refractivity contribution in [1.82, 2.24) is 19.8 Å². The van der Waals surface area contributed by atoms with E-state index in [9.17, 15) is 14.0 Å². The summed E-state index contributed by atoms with van der Waals surface area (Å²) >= 11 is 0. The summed E-state index contributed by atoms with van der Waals surface area (Å²) in [6.45, 7) is 7.52. The van der Waals surface area contributed by atoms with Crippen LogP contribution in [-0.2, 0) is 11.3 Å². The SMILES string of the molecule is CC(C)C(=O)N1CCC(c2nc([C@@H]3CCCN(Cc4ccccc4F)C3)cc(=O)[nH]2)CC1. The molecule has 2 aliphatic heterocycles. The van der Waals surface area contributed by atoms with Crippen LogP contribution in [0.2, 0.25) is 0 Å². The first-order valence-corrected chi connectivity index (χ1v) is 11.8. The second kappa shape index (κ2) is 9.94. The van der Waals surface area contributed by atoms with E-state index in [2.05, 4.69) is 9.88 Å². The molecule has 3 heterocycles. The minimum atomic E-state index is -0.173. The number of nitrogens with one attached hydrogen (secondary N) is 1. The molecule has 4 rings (SSSR count). The molecule has 1 N–H and O–H groups in total. The Morgan fingerprint density at radius 3 is 2.62 bits per heavy atom. The number of likely N-dealkylation sites (tertiary alicyclic amines) is 2.